The Hall–Kier alpha value is -4.00. The number of aliphatic hydroxyl groups excluding tert-OH is 1. The van der Waals surface area contributed by atoms with Gasteiger partial charge in [0.1, 0.15) is 40.7 Å². The van der Waals surface area contributed by atoms with Crippen molar-refractivity contribution in [2.45, 2.75) is 38.5 Å². The van der Waals surface area contributed by atoms with Crippen LogP contribution in [0.3, 0.4) is 0 Å². The molecule has 4 heterocycles. The molecule has 4 N–H and O–H groups in total. The molecule has 1 fully saturated rings. The van der Waals surface area contributed by atoms with Crippen LogP contribution in [0.1, 0.15) is 34.3 Å². The number of amides is 1. The Balaban J connectivity index is 1.17. The molecular weight excluding hydrogens is 582 g/mol. The number of rotatable bonds is 8. The molecular formula is C30H31ClF2N6O4. The molecule has 0 spiro atoms. The summed E-state index contributed by atoms with van der Waals surface area (Å²) in [4.78, 5) is 40.9. The number of imidazole rings is 1. The molecule has 6 rings (SSSR count). The van der Waals surface area contributed by atoms with Gasteiger partial charge in [0.2, 0.25) is 0 Å². The highest BCUT2D eigenvalue weighted by molar-refractivity contribution is 6.32. The van der Waals surface area contributed by atoms with Crippen molar-refractivity contribution in [1.82, 2.24) is 24.8 Å². The van der Waals surface area contributed by atoms with E-state index in [0.29, 0.717) is 34.7 Å². The van der Waals surface area contributed by atoms with Gasteiger partial charge in [0.05, 0.1) is 16.7 Å². The summed E-state index contributed by atoms with van der Waals surface area (Å²) in [5.41, 5.74) is 2.78. The number of hydrogen-bond acceptors (Lipinski definition) is 7. The van der Waals surface area contributed by atoms with Gasteiger partial charge in [-0.3, -0.25) is 9.59 Å². The van der Waals surface area contributed by atoms with Crippen LogP contribution in [0.25, 0.3) is 22.4 Å². The fraction of sp³-hybridized carbons (Fsp3) is 0.367. The number of carbonyl (C=O) groups excluding carboxylic acids is 1. The van der Waals surface area contributed by atoms with Crippen molar-refractivity contribution in [1.29, 1.82) is 0 Å². The first-order chi connectivity index (χ1) is 20.6. The summed E-state index contributed by atoms with van der Waals surface area (Å²) in [5.74, 6) is -1.66. The zero-order valence-corrected chi connectivity index (χ0v) is 24.4. The highest BCUT2D eigenvalue weighted by Gasteiger charge is 2.34. The Morgan fingerprint density at radius 2 is 2.00 bits per heavy atom. The molecule has 2 aromatic carbocycles. The first-order valence-corrected chi connectivity index (χ1v) is 14.4. The van der Waals surface area contributed by atoms with Crippen LogP contribution in [-0.2, 0) is 6.54 Å². The minimum Gasteiger partial charge on any atom is -0.489 e. The second kappa shape index (κ2) is 11.6. The molecule has 2 aromatic heterocycles. The molecule has 0 unspecified atom stereocenters. The van der Waals surface area contributed by atoms with Gasteiger partial charge in [0.25, 0.3) is 11.5 Å². The summed E-state index contributed by atoms with van der Waals surface area (Å²) in [7, 11) is 2.09. The maximum atomic E-state index is 14.1. The lowest BCUT2D eigenvalue weighted by Crippen LogP contribution is -2.43. The quantitative estimate of drug-likeness (QED) is 0.221. The number of aliphatic hydroxyl groups is 1. The maximum absolute atomic E-state index is 14.1. The number of nitrogens with one attached hydrogen (secondary N) is 3. The maximum Gasteiger partial charge on any atom is 0.261 e. The van der Waals surface area contributed by atoms with Crippen molar-refractivity contribution in [3.05, 3.63) is 74.2 Å². The van der Waals surface area contributed by atoms with Crippen LogP contribution in [-0.4, -0.2) is 81.2 Å². The van der Waals surface area contributed by atoms with Gasteiger partial charge in [0, 0.05) is 42.5 Å². The number of ether oxygens (including phenoxy) is 1. The van der Waals surface area contributed by atoms with Crippen LogP contribution in [0.4, 0.5) is 14.5 Å². The number of fused-ring (bicyclic) bond motifs is 2. The molecule has 4 aromatic rings. The number of H-pyrrole nitrogens is 2. The van der Waals surface area contributed by atoms with Crippen LogP contribution in [0.5, 0.6) is 5.75 Å². The van der Waals surface area contributed by atoms with E-state index in [9.17, 15) is 23.5 Å². The van der Waals surface area contributed by atoms with Crippen molar-refractivity contribution in [2.75, 3.05) is 38.6 Å². The molecule has 0 saturated carbocycles. The molecule has 1 saturated heterocycles. The highest BCUT2D eigenvalue weighted by Crippen LogP contribution is 2.33. The standard InChI is InChI=1S/C30H31ClF2N6O4/c1-15-20(32)11-24(26(31)27(15)33)43-14-18(40)12-35-21-3-6-34-29(41)25(21)28-36-22-9-16-13-39(17-4-7-38(2)8-5-17)30(42)19(16)10-23(22)37-28/h3,6,9-11,17-18,40H,4-5,7-8,12-14H2,1-2H3,(H,36,37)(H2,34,35,41)/t18-/m1/s1. The van der Waals surface area contributed by atoms with Gasteiger partial charge >= 0.3 is 0 Å². The molecule has 1 amide bonds. The summed E-state index contributed by atoms with van der Waals surface area (Å²) < 4.78 is 33.3. The fourth-order valence-electron chi connectivity index (χ4n) is 5.66. The number of anilines is 1. The number of nitrogens with zero attached hydrogens (tertiary/aromatic N) is 3. The fourth-order valence-corrected chi connectivity index (χ4v) is 5.92. The first-order valence-electron chi connectivity index (χ1n) is 14.0. The third kappa shape index (κ3) is 5.57. The van der Waals surface area contributed by atoms with Gasteiger partial charge in [-0.25, -0.2) is 13.8 Å². The molecule has 2 aliphatic rings. The predicted molar refractivity (Wildman–Crippen MR) is 159 cm³/mol. The Labute approximate surface area is 250 Å². The summed E-state index contributed by atoms with van der Waals surface area (Å²) in [6.45, 7) is 3.36. The van der Waals surface area contributed by atoms with Crippen LogP contribution in [0, 0.1) is 18.6 Å². The Morgan fingerprint density at radius 3 is 2.77 bits per heavy atom. The van der Waals surface area contributed by atoms with Crippen molar-refractivity contribution in [3.8, 4) is 17.1 Å². The summed E-state index contributed by atoms with van der Waals surface area (Å²) in [6, 6.07) is 6.50. The molecule has 2 aliphatic heterocycles. The molecule has 226 valence electrons. The van der Waals surface area contributed by atoms with E-state index in [1.54, 1.807) is 12.1 Å². The normalized spacial score (nSPS) is 16.6. The highest BCUT2D eigenvalue weighted by atomic mass is 35.5. The monoisotopic (exact) mass is 612 g/mol. The molecule has 10 nitrogen and oxygen atoms in total. The van der Waals surface area contributed by atoms with Crippen LogP contribution in [0.2, 0.25) is 5.02 Å². The van der Waals surface area contributed by atoms with Crippen LogP contribution >= 0.6 is 11.6 Å². The zero-order chi connectivity index (χ0) is 30.4. The number of hydrogen-bond donors (Lipinski definition) is 4. The number of likely N-dealkylation sites (tertiary alicyclic amines) is 1. The summed E-state index contributed by atoms with van der Waals surface area (Å²) in [5, 5.41) is 13.1. The molecule has 0 aliphatic carbocycles. The van der Waals surface area contributed by atoms with Gasteiger partial charge in [-0.2, -0.15) is 0 Å². The average molecular weight is 613 g/mol. The van der Waals surface area contributed by atoms with E-state index in [-0.39, 0.29) is 47.0 Å². The summed E-state index contributed by atoms with van der Waals surface area (Å²) >= 11 is 5.92. The van der Waals surface area contributed by atoms with E-state index < -0.39 is 23.3 Å². The third-order valence-corrected chi connectivity index (χ3v) is 8.53. The topological polar surface area (TPSA) is 127 Å². The SMILES string of the molecule is Cc1c(F)cc(OC[C@H](O)CNc2cc[nH]c(=O)c2-c2nc3cc4c(cc3[nH]2)CN(C2CCN(C)CC2)C4=O)c(Cl)c1F. The van der Waals surface area contributed by atoms with E-state index in [1.165, 1.54) is 13.1 Å². The van der Waals surface area contributed by atoms with E-state index in [1.807, 2.05) is 11.0 Å². The number of benzene rings is 2. The minimum absolute atomic E-state index is 0.00419. The smallest absolute Gasteiger partial charge is 0.261 e. The summed E-state index contributed by atoms with van der Waals surface area (Å²) in [6.07, 6.45) is 2.23. The van der Waals surface area contributed by atoms with Crippen molar-refractivity contribution in [3.63, 3.8) is 0 Å². The van der Waals surface area contributed by atoms with E-state index in [4.69, 9.17) is 16.3 Å². The average Bonchev–Trinajstić information content (AvgIpc) is 3.55. The van der Waals surface area contributed by atoms with Crippen molar-refractivity contribution < 1.29 is 23.4 Å². The lowest BCUT2D eigenvalue weighted by atomic mass is 10.0. The first kappa shape index (κ1) is 29.1. The van der Waals surface area contributed by atoms with Crippen LogP contribution < -0.4 is 15.6 Å². The Kier molecular flexibility index (Phi) is 7.84. The zero-order valence-electron chi connectivity index (χ0n) is 23.6. The molecule has 0 bridgehead atoms. The molecule has 1 atom stereocenters. The molecule has 13 heteroatoms. The van der Waals surface area contributed by atoms with Crippen molar-refractivity contribution in [2.24, 2.45) is 0 Å². The number of aromatic amines is 2. The van der Waals surface area contributed by atoms with E-state index in [0.717, 1.165) is 37.6 Å². The third-order valence-electron chi connectivity index (χ3n) is 8.18. The number of pyridine rings is 1. The number of aromatic nitrogens is 3. The molecule has 0 radical (unpaired) electrons. The van der Waals surface area contributed by atoms with Gasteiger partial charge in [0.15, 0.2) is 5.82 Å². The van der Waals surface area contributed by atoms with E-state index in [2.05, 4.69) is 32.2 Å². The predicted octanol–water partition coefficient (Wildman–Crippen LogP) is 4.06. The van der Waals surface area contributed by atoms with Crippen LogP contribution in [0.15, 0.2) is 35.3 Å². The van der Waals surface area contributed by atoms with Gasteiger partial charge in [-0.1, -0.05) is 11.6 Å². The largest absolute Gasteiger partial charge is 0.489 e. The lowest BCUT2D eigenvalue weighted by Gasteiger charge is -2.34. The minimum atomic E-state index is -1.12. The Bertz CT molecular complexity index is 1770. The van der Waals surface area contributed by atoms with Crippen molar-refractivity contribution >= 4 is 34.2 Å². The Morgan fingerprint density at radius 1 is 1.23 bits per heavy atom. The van der Waals surface area contributed by atoms with Gasteiger partial charge in [-0.15, -0.1) is 0 Å². The van der Waals surface area contributed by atoms with Gasteiger partial charge < -0.3 is 34.9 Å². The lowest BCUT2D eigenvalue weighted by molar-refractivity contribution is 0.0617. The number of carbonyl (C=O) groups is 1. The van der Waals surface area contributed by atoms with Gasteiger partial charge in [-0.05, 0) is 63.7 Å². The molecule has 43 heavy (non-hydrogen) atoms. The van der Waals surface area contributed by atoms with E-state index >= 15 is 0 Å². The second-order valence-electron chi connectivity index (χ2n) is 11.1. The number of piperidine rings is 1. The number of halogens is 3. The second-order valence-corrected chi connectivity index (χ2v) is 11.5.